The first kappa shape index (κ1) is 66.1. The van der Waals surface area contributed by atoms with Gasteiger partial charge in [-0.15, -0.1) is 0 Å². The van der Waals surface area contributed by atoms with Crippen molar-refractivity contribution in [3.05, 3.63) is 60.8 Å². The van der Waals surface area contributed by atoms with Gasteiger partial charge in [0.25, 0.3) is 0 Å². The standard InChI is InChI=1S/C63H112O6/c1-4-7-10-13-16-19-22-24-26-28-29-30-31-32-33-35-36-38-41-44-47-50-53-56-62(65)68-59-60(58-67-61(64)55-52-49-46-43-40-21-18-15-12-9-6-3)69-63(66)57-54-51-48-45-42-39-37-34-27-25-23-20-17-14-11-8-5-2/h15,17-18,20,22,24-25,27-29,60H,4-14,16,19,21,23,26,30-59H2,1-3H3/b18-15-,20-17-,24-22-,27-25-,29-28-. The lowest BCUT2D eigenvalue weighted by molar-refractivity contribution is -0.167. The Hall–Kier alpha value is -2.89. The predicted molar refractivity (Wildman–Crippen MR) is 298 cm³/mol. The van der Waals surface area contributed by atoms with Crippen LogP contribution in [-0.2, 0) is 28.6 Å². The number of esters is 3. The molecule has 0 saturated carbocycles. The first-order chi connectivity index (χ1) is 34.0. The summed E-state index contributed by atoms with van der Waals surface area (Å²) in [6.07, 6.45) is 72.2. The summed E-state index contributed by atoms with van der Waals surface area (Å²) < 4.78 is 16.9. The molecule has 0 heterocycles. The molecule has 0 aliphatic carbocycles. The highest BCUT2D eigenvalue weighted by Crippen LogP contribution is 2.16. The lowest BCUT2D eigenvalue weighted by Gasteiger charge is -2.18. The van der Waals surface area contributed by atoms with Gasteiger partial charge in [-0.2, -0.15) is 0 Å². The Morgan fingerprint density at radius 3 is 0.884 bits per heavy atom. The highest BCUT2D eigenvalue weighted by atomic mass is 16.6. The molecule has 0 radical (unpaired) electrons. The summed E-state index contributed by atoms with van der Waals surface area (Å²) in [5, 5.41) is 0. The fraction of sp³-hybridized carbons (Fsp3) is 0.794. The Kier molecular flexibility index (Phi) is 55.3. The maximum Gasteiger partial charge on any atom is 0.306 e. The van der Waals surface area contributed by atoms with Crippen molar-refractivity contribution in [2.75, 3.05) is 13.2 Å². The van der Waals surface area contributed by atoms with Crippen LogP contribution in [0.1, 0.15) is 303 Å². The Morgan fingerprint density at radius 2 is 0.536 bits per heavy atom. The number of carbonyl (C=O) groups is 3. The Bertz CT molecular complexity index is 1250. The molecule has 6 nitrogen and oxygen atoms in total. The van der Waals surface area contributed by atoms with Crippen molar-refractivity contribution in [2.45, 2.75) is 309 Å². The Labute approximate surface area is 428 Å². The molecule has 0 aromatic carbocycles. The van der Waals surface area contributed by atoms with Gasteiger partial charge in [0.1, 0.15) is 13.2 Å². The van der Waals surface area contributed by atoms with Gasteiger partial charge in [0.2, 0.25) is 0 Å². The highest BCUT2D eigenvalue weighted by Gasteiger charge is 2.19. The maximum atomic E-state index is 12.9. The lowest BCUT2D eigenvalue weighted by atomic mass is 10.0. The number of hydrogen-bond acceptors (Lipinski definition) is 6. The molecule has 0 spiro atoms. The van der Waals surface area contributed by atoms with Gasteiger partial charge in [0, 0.05) is 19.3 Å². The third-order valence-electron chi connectivity index (χ3n) is 13.0. The molecule has 69 heavy (non-hydrogen) atoms. The highest BCUT2D eigenvalue weighted by molar-refractivity contribution is 5.71. The van der Waals surface area contributed by atoms with E-state index in [0.29, 0.717) is 19.3 Å². The minimum absolute atomic E-state index is 0.0800. The maximum absolute atomic E-state index is 12.9. The third kappa shape index (κ3) is 55.9. The van der Waals surface area contributed by atoms with Crippen molar-refractivity contribution < 1.29 is 28.6 Å². The molecule has 0 bridgehead atoms. The van der Waals surface area contributed by atoms with Crippen LogP contribution in [0.25, 0.3) is 0 Å². The van der Waals surface area contributed by atoms with E-state index in [2.05, 4.69) is 81.5 Å². The van der Waals surface area contributed by atoms with E-state index in [0.717, 1.165) is 83.5 Å². The van der Waals surface area contributed by atoms with E-state index in [1.54, 1.807) is 0 Å². The third-order valence-corrected chi connectivity index (χ3v) is 13.0. The van der Waals surface area contributed by atoms with Crippen LogP contribution in [0, 0.1) is 0 Å². The van der Waals surface area contributed by atoms with Crippen molar-refractivity contribution in [1.82, 2.24) is 0 Å². The summed E-state index contributed by atoms with van der Waals surface area (Å²) in [7, 11) is 0. The molecule has 1 atom stereocenters. The first-order valence-electron chi connectivity index (χ1n) is 29.8. The lowest BCUT2D eigenvalue weighted by Crippen LogP contribution is -2.30. The Balaban J connectivity index is 4.29. The quantitative estimate of drug-likeness (QED) is 0.0262. The van der Waals surface area contributed by atoms with Crippen molar-refractivity contribution >= 4 is 17.9 Å². The molecule has 6 heteroatoms. The van der Waals surface area contributed by atoms with Crippen LogP contribution in [-0.4, -0.2) is 37.2 Å². The van der Waals surface area contributed by atoms with Crippen molar-refractivity contribution in [2.24, 2.45) is 0 Å². The number of allylic oxidation sites excluding steroid dienone is 10. The summed E-state index contributed by atoms with van der Waals surface area (Å²) in [6.45, 7) is 6.58. The second-order valence-corrected chi connectivity index (χ2v) is 19.9. The largest absolute Gasteiger partial charge is 0.462 e. The number of unbranched alkanes of at least 4 members (excludes halogenated alkanes) is 33. The molecular weight excluding hydrogens is 853 g/mol. The molecule has 0 rings (SSSR count). The predicted octanol–water partition coefficient (Wildman–Crippen LogP) is 20.0. The molecule has 0 aromatic heterocycles. The molecule has 0 aromatic rings. The molecule has 0 aliphatic rings. The van der Waals surface area contributed by atoms with Crippen LogP contribution >= 0.6 is 0 Å². The monoisotopic (exact) mass is 965 g/mol. The van der Waals surface area contributed by atoms with E-state index in [1.807, 2.05) is 0 Å². The SMILES string of the molecule is CCCC/C=C\CCCCCCCC(=O)OCC(COC(=O)CCCCCCCCCCCCC/C=C\C/C=C\CCCCCCC)OC(=O)CCCCCCCCC/C=C\C/C=C\CCCCC. The molecule has 1 unspecified atom stereocenters. The van der Waals surface area contributed by atoms with Crippen LogP contribution in [0.2, 0.25) is 0 Å². The second-order valence-electron chi connectivity index (χ2n) is 19.9. The molecular formula is C63H112O6. The van der Waals surface area contributed by atoms with Gasteiger partial charge >= 0.3 is 17.9 Å². The average molecular weight is 966 g/mol. The summed E-state index contributed by atoms with van der Waals surface area (Å²) in [6, 6.07) is 0. The fourth-order valence-corrected chi connectivity index (χ4v) is 8.43. The van der Waals surface area contributed by atoms with E-state index in [-0.39, 0.29) is 31.1 Å². The summed E-state index contributed by atoms with van der Waals surface area (Å²) in [4.78, 5) is 38.1. The zero-order chi connectivity index (χ0) is 50.0. The van der Waals surface area contributed by atoms with Gasteiger partial charge in [-0.25, -0.2) is 0 Å². The van der Waals surface area contributed by atoms with Crippen molar-refractivity contribution in [3.8, 4) is 0 Å². The number of carbonyl (C=O) groups excluding carboxylic acids is 3. The van der Waals surface area contributed by atoms with Crippen LogP contribution in [0.15, 0.2) is 60.8 Å². The van der Waals surface area contributed by atoms with Crippen molar-refractivity contribution in [3.63, 3.8) is 0 Å². The average Bonchev–Trinajstić information content (AvgIpc) is 3.35. The summed E-state index contributed by atoms with van der Waals surface area (Å²) >= 11 is 0. The van der Waals surface area contributed by atoms with Crippen LogP contribution in [0.5, 0.6) is 0 Å². The molecule has 0 amide bonds. The molecule has 0 aliphatic heterocycles. The zero-order valence-corrected chi connectivity index (χ0v) is 45.8. The minimum Gasteiger partial charge on any atom is -0.462 e. The molecule has 400 valence electrons. The van der Waals surface area contributed by atoms with E-state index >= 15 is 0 Å². The zero-order valence-electron chi connectivity index (χ0n) is 45.8. The number of ether oxygens (including phenoxy) is 3. The van der Waals surface area contributed by atoms with Gasteiger partial charge in [-0.1, -0.05) is 242 Å². The second kappa shape index (κ2) is 57.7. The molecule has 0 N–H and O–H groups in total. The van der Waals surface area contributed by atoms with E-state index in [4.69, 9.17) is 14.2 Å². The van der Waals surface area contributed by atoms with E-state index in [9.17, 15) is 14.4 Å². The van der Waals surface area contributed by atoms with E-state index in [1.165, 1.54) is 180 Å². The van der Waals surface area contributed by atoms with Crippen LogP contribution in [0.3, 0.4) is 0 Å². The Morgan fingerprint density at radius 1 is 0.290 bits per heavy atom. The van der Waals surface area contributed by atoms with Crippen LogP contribution < -0.4 is 0 Å². The van der Waals surface area contributed by atoms with Gasteiger partial charge < -0.3 is 14.2 Å². The molecule has 0 fully saturated rings. The first-order valence-corrected chi connectivity index (χ1v) is 29.8. The molecule has 0 saturated heterocycles. The van der Waals surface area contributed by atoms with Gasteiger partial charge in [-0.05, 0) is 103 Å². The summed E-state index contributed by atoms with van der Waals surface area (Å²) in [5.74, 6) is -0.889. The van der Waals surface area contributed by atoms with Gasteiger partial charge in [0.05, 0.1) is 0 Å². The topological polar surface area (TPSA) is 78.9 Å². The smallest absolute Gasteiger partial charge is 0.306 e. The number of hydrogen-bond donors (Lipinski definition) is 0. The minimum atomic E-state index is -0.782. The summed E-state index contributed by atoms with van der Waals surface area (Å²) in [5.41, 5.74) is 0. The van der Waals surface area contributed by atoms with Crippen LogP contribution in [0.4, 0.5) is 0 Å². The number of rotatable bonds is 54. The van der Waals surface area contributed by atoms with Gasteiger partial charge in [0.15, 0.2) is 6.10 Å². The van der Waals surface area contributed by atoms with Gasteiger partial charge in [-0.3, -0.25) is 14.4 Å². The fourth-order valence-electron chi connectivity index (χ4n) is 8.43. The normalized spacial score (nSPS) is 12.4. The van der Waals surface area contributed by atoms with E-state index < -0.39 is 6.10 Å². The van der Waals surface area contributed by atoms with Crippen molar-refractivity contribution in [1.29, 1.82) is 0 Å².